The summed E-state index contributed by atoms with van der Waals surface area (Å²) in [5.41, 5.74) is 0.889. The summed E-state index contributed by atoms with van der Waals surface area (Å²) in [6, 6.07) is 7.74. The summed E-state index contributed by atoms with van der Waals surface area (Å²) in [4.78, 5) is 11.8. The molecule has 5 heteroatoms. The largest absolute Gasteiger partial charge is 0.396 e. The minimum absolute atomic E-state index is 0.0924. The van der Waals surface area contributed by atoms with Gasteiger partial charge >= 0.3 is 0 Å². The first-order valence-electron chi connectivity index (χ1n) is 7.01. The number of halogens is 1. The van der Waals surface area contributed by atoms with Gasteiger partial charge in [0.15, 0.2) is 0 Å². The Morgan fingerprint density at radius 2 is 2.15 bits per heavy atom. The predicted molar refractivity (Wildman–Crippen MR) is 79.8 cm³/mol. The summed E-state index contributed by atoms with van der Waals surface area (Å²) < 4.78 is 0. The summed E-state index contributed by atoms with van der Waals surface area (Å²) in [7, 11) is 0. The lowest BCUT2D eigenvalue weighted by molar-refractivity contribution is -0.123. The van der Waals surface area contributed by atoms with E-state index in [0.29, 0.717) is 5.02 Å². The summed E-state index contributed by atoms with van der Waals surface area (Å²) in [6.07, 6.45) is 2.91. The van der Waals surface area contributed by atoms with Crippen LogP contribution < -0.4 is 10.6 Å². The molecule has 1 heterocycles. The van der Waals surface area contributed by atoms with Crippen molar-refractivity contribution in [3.63, 3.8) is 0 Å². The van der Waals surface area contributed by atoms with Crippen molar-refractivity contribution >= 4 is 17.5 Å². The molecule has 1 amide bonds. The normalized spacial score (nSPS) is 22.5. The first-order valence-corrected chi connectivity index (χ1v) is 7.38. The maximum Gasteiger partial charge on any atom is 0.222 e. The molecule has 1 aromatic carbocycles. The summed E-state index contributed by atoms with van der Waals surface area (Å²) in [5.74, 6) is -0.0924. The van der Waals surface area contributed by atoms with Gasteiger partial charge in [-0.1, -0.05) is 23.7 Å². The molecule has 0 radical (unpaired) electrons. The van der Waals surface area contributed by atoms with Gasteiger partial charge in [-0.05, 0) is 43.5 Å². The molecule has 0 aromatic heterocycles. The zero-order valence-electron chi connectivity index (χ0n) is 11.5. The van der Waals surface area contributed by atoms with Crippen molar-refractivity contribution in [2.24, 2.45) is 0 Å². The highest BCUT2D eigenvalue weighted by Gasteiger charge is 2.33. The highest BCUT2D eigenvalue weighted by Crippen LogP contribution is 2.23. The van der Waals surface area contributed by atoms with Crippen LogP contribution in [-0.2, 0) is 11.2 Å². The van der Waals surface area contributed by atoms with Gasteiger partial charge < -0.3 is 15.7 Å². The summed E-state index contributed by atoms with van der Waals surface area (Å²) >= 11 is 5.90. The van der Waals surface area contributed by atoms with Crippen molar-refractivity contribution < 1.29 is 9.90 Å². The minimum atomic E-state index is -0.266. The van der Waals surface area contributed by atoms with E-state index in [4.69, 9.17) is 16.7 Å². The second kappa shape index (κ2) is 7.07. The zero-order chi connectivity index (χ0) is 14.4. The van der Waals surface area contributed by atoms with Gasteiger partial charge in [0.1, 0.15) is 0 Å². The van der Waals surface area contributed by atoms with Crippen LogP contribution in [0.1, 0.15) is 24.8 Å². The molecule has 1 atom stereocenters. The van der Waals surface area contributed by atoms with Crippen molar-refractivity contribution in [3.8, 4) is 0 Å². The van der Waals surface area contributed by atoms with Crippen molar-refractivity contribution in [1.29, 1.82) is 0 Å². The van der Waals surface area contributed by atoms with Crippen LogP contribution in [0, 0.1) is 0 Å². The standard InChI is InChI=1S/C15H21ClN2O2/c16-13-4-2-12(3-5-13)10-15(7-1-8-17-11-15)18-14(20)6-9-19/h2-5,17,19H,1,6-11H2,(H,18,20)/t15-/m1/s1. The van der Waals surface area contributed by atoms with Gasteiger partial charge in [-0.15, -0.1) is 0 Å². The number of hydrogen-bond donors (Lipinski definition) is 3. The number of benzene rings is 1. The van der Waals surface area contributed by atoms with E-state index in [9.17, 15) is 4.79 Å². The lowest BCUT2D eigenvalue weighted by Crippen LogP contribution is -2.59. The van der Waals surface area contributed by atoms with E-state index in [0.717, 1.165) is 37.9 Å². The predicted octanol–water partition coefficient (Wildman–Crippen LogP) is 1.50. The van der Waals surface area contributed by atoms with E-state index in [1.807, 2.05) is 24.3 Å². The molecule has 1 fully saturated rings. The number of aliphatic hydroxyl groups is 1. The third-order valence-corrected chi connectivity index (χ3v) is 3.92. The van der Waals surface area contributed by atoms with Crippen LogP contribution in [0.25, 0.3) is 0 Å². The second-order valence-electron chi connectivity index (χ2n) is 5.39. The lowest BCUT2D eigenvalue weighted by atomic mass is 9.83. The maximum atomic E-state index is 11.8. The van der Waals surface area contributed by atoms with Crippen LogP contribution >= 0.6 is 11.6 Å². The number of piperidine rings is 1. The molecule has 4 nitrogen and oxygen atoms in total. The molecule has 0 aliphatic carbocycles. The van der Waals surface area contributed by atoms with E-state index in [-0.39, 0.29) is 24.5 Å². The molecule has 0 spiro atoms. The van der Waals surface area contributed by atoms with Gasteiger partial charge in [0, 0.05) is 18.0 Å². The summed E-state index contributed by atoms with van der Waals surface area (Å²) in [6.45, 7) is 1.63. The van der Waals surface area contributed by atoms with Gasteiger partial charge in [0.2, 0.25) is 5.91 Å². The quantitative estimate of drug-likeness (QED) is 0.772. The fraction of sp³-hybridized carbons (Fsp3) is 0.533. The molecule has 0 unspecified atom stereocenters. The van der Waals surface area contributed by atoms with Crippen molar-refractivity contribution in [2.45, 2.75) is 31.2 Å². The second-order valence-corrected chi connectivity index (χ2v) is 5.82. The van der Waals surface area contributed by atoms with Crippen molar-refractivity contribution in [2.75, 3.05) is 19.7 Å². The number of carbonyl (C=O) groups excluding carboxylic acids is 1. The molecule has 110 valence electrons. The van der Waals surface area contributed by atoms with Crippen molar-refractivity contribution in [3.05, 3.63) is 34.9 Å². The Hall–Kier alpha value is -1.10. The fourth-order valence-electron chi connectivity index (χ4n) is 2.72. The van der Waals surface area contributed by atoms with Crippen LogP contribution in [0.3, 0.4) is 0 Å². The average molecular weight is 297 g/mol. The topological polar surface area (TPSA) is 61.4 Å². The Bertz CT molecular complexity index is 442. The van der Waals surface area contributed by atoms with Crippen LogP contribution in [-0.4, -0.2) is 36.2 Å². The molecule has 1 aliphatic rings. The highest BCUT2D eigenvalue weighted by molar-refractivity contribution is 6.30. The van der Waals surface area contributed by atoms with Crippen LogP contribution in [0.2, 0.25) is 5.02 Å². The molecule has 1 aliphatic heterocycles. The van der Waals surface area contributed by atoms with Crippen molar-refractivity contribution in [1.82, 2.24) is 10.6 Å². The van der Waals surface area contributed by atoms with Gasteiger partial charge in [0.25, 0.3) is 0 Å². The van der Waals surface area contributed by atoms with Crippen LogP contribution in [0.5, 0.6) is 0 Å². The molecule has 1 saturated heterocycles. The minimum Gasteiger partial charge on any atom is -0.396 e. The zero-order valence-corrected chi connectivity index (χ0v) is 12.2. The smallest absolute Gasteiger partial charge is 0.222 e. The van der Waals surface area contributed by atoms with Crippen LogP contribution in [0.15, 0.2) is 24.3 Å². The monoisotopic (exact) mass is 296 g/mol. The fourth-order valence-corrected chi connectivity index (χ4v) is 2.85. The lowest BCUT2D eigenvalue weighted by Gasteiger charge is -2.39. The Kier molecular flexibility index (Phi) is 5.40. The van der Waals surface area contributed by atoms with E-state index in [2.05, 4.69) is 10.6 Å². The van der Waals surface area contributed by atoms with E-state index < -0.39 is 0 Å². The number of aliphatic hydroxyl groups excluding tert-OH is 1. The Morgan fingerprint density at radius 3 is 2.75 bits per heavy atom. The molecule has 0 bridgehead atoms. The van der Waals surface area contributed by atoms with E-state index in [1.54, 1.807) is 0 Å². The third kappa shape index (κ3) is 4.20. The van der Waals surface area contributed by atoms with Gasteiger partial charge in [-0.3, -0.25) is 4.79 Å². The summed E-state index contributed by atoms with van der Waals surface area (Å²) in [5, 5.41) is 16.0. The molecule has 0 saturated carbocycles. The molecular weight excluding hydrogens is 276 g/mol. The Morgan fingerprint density at radius 1 is 1.40 bits per heavy atom. The third-order valence-electron chi connectivity index (χ3n) is 3.67. The maximum absolute atomic E-state index is 11.8. The Labute approximate surface area is 124 Å². The number of carbonyl (C=O) groups is 1. The average Bonchev–Trinajstić information content (AvgIpc) is 2.42. The van der Waals surface area contributed by atoms with Crippen LogP contribution in [0.4, 0.5) is 0 Å². The molecule has 3 N–H and O–H groups in total. The first-order chi connectivity index (χ1) is 9.63. The Balaban J connectivity index is 2.09. The molecule has 1 aromatic rings. The van der Waals surface area contributed by atoms with E-state index >= 15 is 0 Å². The molecule has 2 rings (SSSR count). The number of rotatable bonds is 5. The number of amides is 1. The highest BCUT2D eigenvalue weighted by atomic mass is 35.5. The van der Waals surface area contributed by atoms with Gasteiger partial charge in [0.05, 0.1) is 12.1 Å². The first kappa shape index (κ1) is 15.3. The van der Waals surface area contributed by atoms with Gasteiger partial charge in [-0.2, -0.15) is 0 Å². The number of nitrogens with one attached hydrogen (secondary N) is 2. The number of hydrogen-bond acceptors (Lipinski definition) is 3. The van der Waals surface area contributed by atoms with E-state index in [1.165, 1.54) is 0 Å². The molecule has 20 heavy (non-hydrogen) atoms. The molecular formula is C15H21ClN2O2. The van der Waals surface area contributed by atoms with Gasteiger partial charge in [-0.25, -0.2) is 0 Å². The SMILES string of the molecule is O=C(CCO)N[C@@]1(Cc2ccc(Cl)cc2)CCCNC1.